The summed E-state index contributed by atoms with van der Waals surface area (Å²) in [5.74, 6) is 2.21. The van der Waals surface area contributed by atoms with Gasteiger partial charge in [0.15, 0.2) is 34.5 Å². The van der Waals surface area contributed by atoms with Crippen LogP contribution in [0.2, 0.25) is 0 Å². The molecule has 2 aliphatic heterocycles. The number of rotatable bonds is 9. The Bertz CT molecular complexity index is 1480. The Kier molecular flexibility index (Phi) is 8.36. The summed E-state index contributed by atoms with van der Waals surface area (Å²) in [7, 11) is 1.46. The second-order valence-electron chi connectivity index (χ2n) is 12.8. The van der Waals surface area contributed by atoms with Crippen molar-refractivity contribution < 1.29 is 23.4 Å². The van der Waals surface area contributed by atoms with Crippen LogP contribution in [0.5, 0.6) is 17.2 Å². The van der Waals surface area contributed by atoms with Crippen LogP contribution < -0.4 is 19.5 Å². The molecule has 2 heterocycles. The minimum Gasteiger partial charge on any atom is -0.494 e. The number of carbonyl (C=O) groups is 1. The number of likely N-dealkylation sites (tertiary alicyclic amines) is 1. The van der Waals surface area contributed by atoms with Gasteiger partial charge in [-0.25, -0.2) is 4.39 Å². The van der Waals surface area contributed by atoms with Crippen LogP contribution in [-0.2, 0) is 5.60 Å². The van der Waals surface area contributed by atoms with E-state index in [1.807, 2.05) is 37.3 Å². The molecule has 0 aromatic heterocycles. The highest BCUT2D eigenvalue weighted by Crippen LogP contribution is 2.46. The number of nitrogens with one attached hydrogen (secondary N) is 1. The topological polar surface area (TPSA) is 60.0 Å². The molecule has 1 saturated heterocycles. The molecule has 43 heavy (non-hydrogen) atoms. The highest BCUT2D eigenvalue weighted by molar-refractivity contribution is 5.98. The van der Waals surface area contributed by atoms with E-state index in [0.29, 0.717) is 18.3 Å². The first-order valence-electron chi connectivity index (χ1n) is 15.7. The number of para-hydroxylation sites is 1. The van der Waals surface area contributed by atoms with E-state index in [9.17, 15) is 9.18 Å². The SMILES string of the molecule is COc1ccc(C2(C)COc3cccc(C4CCN(CC(C)Nc5ccc(C(=O)C6CCC6)cc5C)CC4)c3O2)cc1F. The molecule has 0 spiro atoms. The number of ether oxygens (including phenoxy) is 3. The van der Waals surface area contributed by atoms with Crippen LogP contribution in [0.3, 0.4) is 0 Å². The summed E-state index contributed by atoms with van der Waals surface area (Å²) in [4.78, 5) is 15.2. The number of anilines is 1. The average Bonchev–Trinajstić information content (AvgIpc) is 2.97. The van der Waals surface area contributed by atoms with E-state index in [2.05, 4.69) is 36.2 Å². The molecule has 6 rings (SSSR count). The molecule has 0 bridgehead atoms. The molecule has 0 amide bonds. The Hall–Kier alpha value is -3.58. The molecule has 2 atom stereocenters. The van der Waals surface area contributed by atoms with E-state index < -0.39 is 11.4 Å². The van der Waals surface area contributed by atoms with Crippen molar-refractivity contribution in [2.45, 2.75) is 70.4 Å². The normalized spacial score (nSPS) is 21.6. The summed E-state index contributed by atoms with van der Waals surface area (Å²) >= 11 is 0. The Balaban J connectivity index is 1.07. The zero-order valence-corrected chi connectivity index (χ0v) is 25.8. The predicted octanol–water partition coefficient (Wildman–Crippen LogP) is 7.49. The fourth-order valence-electron chi connectivity index (χ4n) is 6.69. The lowest BCUT2D eigenvalue weighted by Gasteiger charge is -2.39. The van der Waals surface area contributed by atoms with E-state index in [0.717, 1.165) is 84.8 Å². The van der Waals surface area contributed by atoms with E-state index in [1.54, 1.807) is 6.07 Å². The first-order chi connectivity index (χ1) is 20.7. The number of ketones is 1. The van der Waals surface area contributed by atoms with Gasteiger partial charge in [-0.3, -0.25) is 4.79 Å². The van der Waals surface area contributed by atoms with Gasteiger partial charge in [0.25, 0.3) is 0 Å². The molecule has 1 N–H and O–H groups in total. The Morgan fingerprint density at radius 2 is 1.91 bits per heavy atom. The maximum atomic E-state index is 14.6. The van der Waals surface area contributed by atoms with Gasteiger partial charge >= 0.3 is 0 Å². The van der Waals surface area contributed by atoms with Crippen molar-refractivity contribution in [3.63, 3.8) is 0 Å². The van der Waals surface area contributed by atoms with Crippen molar-refractivity contribution in [3.05, 3.63) is 82.7 Å². The first-order valence-corrected chi connectivity index (χ1v) is 15.7. The average molecular weight is 587 g/mol. The number of aryl methyl sites for hydroxylation is 1. The summed E-state index contributed by atoms with van der Waals surface area (Å²) in [6, 6.07) is 17.5. The van der Waals surface area contributed by atoms with Gasteiger partial charge in [0.2, 0.25) is 0 Å². The zero-order chi connectivity index (χ0) is 30.1. The lowest BCUT2D eigenvalue weighted by atomic mass is 9.80. The van der Waals surface area contributed by atoms with Crippen molar-refractivity contribution in [1.82, 2.24) is 4.90 Å². The lowest BCUT2D eigenvalue weighted by Crippen LogP contribution is -2.41. The fraction of sp³-hybridized carbons (Fsp3) is 0.472. The summed E-state index contributed by atoms with van der Waals surface area (Å²) in [5.41, 5.74) is 4.14. The van der Waals surface area contributed by atoms with Gasteiger partial charge in [0.1, 0.15) is 6.61 Å². The second-order valence-corrected chi connectivity index (χ2v) is 12.8. The second kappa shape index (κ2) is 12.2. The van der Waals surface area contributed by atoms with Crippen LogP contribution in [0.4, 0.5) is 10.1 Å². The van der Waals surface area contributed by atoms with E-state index in [1.165, 1.54) is 19.6 Å². The molecule has 228 valence electrons. The monoisotopic (exact) mass is 586 g/mol. The maximum absolute atomic E-state index is 14.6. The van der Waals surface area contributed by atoms with Crippen LogP contribution >= 0.6 is 0 Å². The Morgan fingerprint density at radius 3 is 2.58 bits per heavy atom. The van der Waals surface area contributed by atoms with Crippen LogP contribution in [-0.4, -0.2) is 50.1 Å². The summed E-state index contributed by atoms with van der Waals surface area (Å²) < 4.78 is 32.5. The third-order valence-electron chi connectivity index (χ3n) is 9.55. The minimum absolute atomic E-state index is 0.213. The van der Waals surface area contributed by atoms with Crippen LogP contribution in [0, 0.1) is 18.7 Å². The predicted molar refractivity (Wildman–Crippen MR) is 167 cm³/mol. The number of hydrogen-bond acceptors (Lipinski definition) is 6. The molecule has 3 aromatic carbocycles. The molecule has 7 heteroatoms. The van der Waals surface area contributed by atoms with Crippen LogP contribution in [0.25, 0.3) is 0 Å². The molecule has 6 nitrogen and oxygen atoms in total. The number of piperidine rings is 1. The number of Topliss-reactive ketones (excluding diaryl/α,β-unsaturated/α-hetero) is 1. The van der Waals surface area contributed by atoms with Gasteiger partial charge in [0.05, 0.1) is 7.11 Å². The Morgan fingerprint density at radius 1 is 1.12 bits per heavy atom. The van der Waals surface area contributed by atoms with Crippen LogP contribution in [0.1, 0.15) is 78.9 Å². The molecular formula is C36H43FN2O4. The number of benzene rings is 3. The zero-order valence-electron chi connectivity index (χ0n) is 25.8. The highest BCUT2D eigenvalue weighted by atomic mass is 19.1. The van der Waals surface area contributed by atoms with Crippen molar-refractivity contribution in [3.8, 4) is 17.2 Å². The molecule has 1 saturated carbocycles. The maximum Gasteiger partial charge on any atom is 0.166 e. The van der Waals surface area contributed by atoms with Gasteiger partial charge in [0, 0.05) is 40.9 Å². The third kappa shape index (κ3) is 6.10. The number of fused-ring (bicyclic) bond motifs is 1. The summed E-state index contributed by atoms with van der Waals surface area (Å²) in [6.45, 7) is 9.50. The lowest BCUT2D eigenvalue weighted by molar-refractivity contribution is 0.000486. The smallest absolute Gasteiger partial charge is 0.166 e. The molecule has 0 radical (unpaired) electrons. The number of halogens is 1. The summed E-state index contributed by atoms with van der Waals surface area (Å²) in [5, 5.41) is 3.68. The molecule has 2 unspecified atom stereocenters. The van der Waals surface area contributed by atoms with E-state index >= 15 is 0 Å². The number of hydrogen-bond donors (Lipinski definition) is 1. The van der Waals surface area contributed by atoms with Gasteiger partial charge < -0.3 is 24.4 Å². The molecule has 1 aliphatic carbocycles. The number of methoxy groups -OCH3 is 1. The molecule has 3 aliphatic rings. The van der Waals surface area contributed by atoms with Crippen molar-refractivity contribution in [2.75, 3.05) is 38.7 Å². The third-order valence-corrected chi connectivity index (χ3v) is 9.55. The van der Waals surface area contributed by atoms with Crippen molar-refractivity contribution in [2.24, 2.45) is 5.92 Å². The molecule has 3 aromatic rings. The van der Waals surface area contributed by atoms with Gasteiger partial charge in [-0.15, -0.1) is 0 Å². The number of carbonyl (C=O) groups excluding carboxylic acids is 1. The summed E-state index contributed by atoms with van der Waals surface area (Å²) in [6.07, 6.45) is 5.29. The quantitative estimate of drug-likeness (QED) is 0.262. The van der Waals surface area contributed by atoms with Gasteiger partial charge in [-0.2, -0.15) is 0 Å². The standard InChI is InChI=1S/C36H43FN2O4/c1-23-19-27(34(40)26-7-5-8-26)11-13-31(23)38-24(2)21-39-17-15-25(16-18-39)29-9-6-10-33-35(29)43-36(3,22-42-33)28-12-14-32(41-4)30(37)20-28/h6,9-14,19-20,24-26,38H,5,7-8,15-18,21-22H2,1-4H3. The van der Waals surface area contributed by atoms with Gasteiger partial charge in [-0.1, -0.05) is 24.6 Å². The fourth-order valence-corrected chi connectivity index (χ4v) is 6.69. The van der Waals surface area contributed by atoms with E-state index in [-0.39, 0.29) is 17.7 Å². The molecule has 2 fully saturated rings. The molecular weight excluding hydrogens is 543 g/mol. The van der Waals surface area contributed by atoms with Gasteiger partial charge in [-0.05, 0) is 107 Å². The van der Waals surface area contributed by atoms with E-state index in [4.69, 9.17) is 14.2 Å². The van der Waals surface area contributed by atoms with Crippen molar-refractivity contribution in [1.29, 1.82) is 0 Å². The largest absolute Gasteiger partial charge is 0.494 e. The number of nitrogens with zero attached hydrogens (tertiary/aromatic N) is 1. The minimum atomic E-state index is -0.807. The highest BCUT2D eigenvalue weighted by Gasteiger charge is 2.38. The van der Waals surface area contributed by atoms with Crippen molar-refractivity contribution >= 4 is 11.5 Å². The van der Waals surface area contributed by atoms with Crippen LogP contribution in [0.15, 0.2) is 54.6 Å². The Labute approximate surface area is 254 Å². The first kappa shape index (κ1) is 29.5.